The molecule has 0 fully saturated rings. The zero-order chi connectivity index (χ0) is 17.4. The van der Waals surface area contributed by atoms with E-state index in [9.17, 15) is 18.7 Å². The average Bonchev–Trinajstić information content (AvgIpc) is 2.82. The number of fused-ring (bicyclic) bond motifs is 1. The lowest BCUT2D eigenvalue weighted by Gasteiger charge is -2.28. The molecular formula is C16H15BrF2N2O3. The van der Waals surface area contributed by atoms with E-state index in [1.807, 2.05) is 0 Å². The van der Waals surface area contributed by atoms with E-state index in [1.165, 1.54) is 18.2 Å². The van der Waals surface area contributed by atoms with Gasteiger partial charge in [-0.05, 0) is 25.5 Å². The molecule has 5 nitrogen and oxygen atoms in total. The molecule has 2 aromatic rings. The van der Waals surface area contributed by atoms with Gasteiger partial charge in [-0.15, -0.1) is 0 Å². The summed E-state index contributed by atoms with van der Waals surface area (Å²) >= 11 is 3.48. The number of hydrogen-bond donors (Lipinski definition) is 1. The molecule has 2 unspecified atom stereocenters. The highest BCUT2D eigenvalue weighted by atomic mass is 79.9. The molecule has 24 heavy (non-hydrogen) atoms. The third kappa shape index (κ3) is 3.08. The molecule has 3 rings (SSSR count). The van der Waals surface area contributed by atoms with E-state index >= 15 is 0 Å². The van der Waals surface area contributed by atoms with E-state index in [-0.39, 0.29) is 22.7 Å². The summed E-state index contributed by atoms with van der Waals surface area (Å²) in [7, 11) is 0. The first-order valence-corrected chi connectivity index (χ1v) is 8.29. The molecule has 0 aliphatic carbocycles. The van der Waals surface area contributed by atoms with Crippen molar-refractivity contribution in [2.45, 2.75) is 37.4 Å². The third-order valence-corrected chi connectivity index (χ3v) is 4.67. The number of carboxylic acid groups (broad SMARTS) is 1. The molecule has 0 saturated carbocycles. The number of imidazole rings is 1. The van der Waals surface area contributed by atoms with Crippen LogP contribution in [0.3, 0.4) is 0 Å². The topological polar surface area (TPSA) is 64.4 Å². The van der Waals surface area contributed by atoms with E-state index in [1.54, 1.807) is 11.5 Å². The summed E-state index contributed by atoms with van der Waals surface area (Å²) in [5.74, 6) is -1.94. The Balaban J connectivity index is 1.88. The summed E-state index contributed by atoms with van der Waals surface area (Å²) in [5, 5.41) is 9.35. The van der Waals surface area contributed by atoms with Gasteiger partial charge in [0, 0.05) is 16.9 Å². The molecule has 0 spiro atoms. The van der Waals surface area contributed by atoms with Gasteiger partial charge >= 0.3 is 5.97 Å². The Morgan fingerprint density at radius 2 is 2.12 bits per heavy atom. The number of ether oxygens (including phenoxy) is 1. The number of halogens is 3. The fourth-order valence-corrected chi connectivity index (χ4v) is 3.53. The quantitative estimate of drug-likeness (QED) is 0.796. The summed E-state index contributed by atoms with van der Waals surface area (Å²) in [4.78, 5) is 15.7. The van der Waals surface area contributed by atoms with Gasteiger partial charge in [0.05, 0.1) is 12.3 Å². The summed E-state index contributed by atoms with van der Waals surface area (Å²) in [5.41, 5.74) is 0.354. The highest BCUT2D eigenvalue weighted by Gasteiger charge is 2.33. The predicted octanol–water partition coefficient (Wildman–Crippen LogP) is 3.59. The Hall–Kier alpha value is -1.80. The number of rotatable bonds is 4. The van der Waals surface area contributed by atoms with Gasteiger partial charge in [-0.1, -0.05) is 22.0 Å². The lowest BCUT2D eigenvalue weighted by atomic mass is 10.1. The first-order chi connectivity index (χ1) is 11.4. The first kappa shape index (κ1) is 17.0. The van der Waals surface area contributed by atoms with Crippen LogP contribution in [0, 0.1) is 18.6 Å². The van der Waals surface area contributed by atoms with E-state index in [0.717, 1.165) is 0 Å². The zero-order valence-electron chi connectivity index (χ0n) is 12.8. The monoisotopic (exact) mass is 400 g/mol. The molecule has 0 radical (unpaired) electrons. The van der Waals surface area contributed by atoms with Crippen LogP contribution in [0.1, 0.15) is 40.1 Å². The molecule has 1 aromatic heterocycles. The van der Waals surface area contributed by atoms with E-state index in [0.29, 0.717) is 24.5 Å². The van der Waals surface area contributed by atoms with Crippen LogP contribution in [-0.2, 0) is 17.9 Å². The molecular weight excluding hydrogens is 386 g/mol. The fraction of sp³-hybridized carbons (Fsp3) is 0.375. The van der Waals surface area contributed by atoms with Crippen molar-refractivity contribution in [1.29, 1.82) is 0 Å². The van der Waals surface area contributed by atoms with Crippen molar-refractivity contribution < 1.29 is 23.4 Å². The number of nitrogens with zero attached hydrogens (tertiary/aromatic N) is 2. The second-order valence-electron chi connectivity index (χ2n) is 5.65. The second-order valence-corrected chi connectivity index (χ2v) is 6.95. The van der Waals surface area contributed by atoms with Crippen LogP contribution in [0.25, 0.3) is 0 Å². The van der Waals surface area contributed by atoms with Gasteiger partial charge in [-0.3, -0.25) is 0 Å². The SMILES string of the molecule is Cc1nc2n(c1C(=O)O)CC(Br)CC2OCc1c(F)cccc1F. The molecule has 2 atom stereocenters. The molecule has 1 aromatic carbocycles. The van der Waals surface area contributed by atoms with Crippen molar-refractivity contribution in [3.8, 4) is 0 Å². The number of alkyl halides is 1. The first-order valence-electron chi connectivity index (χ1n) is 7.37. The van der Waals surface area contributed by atoms with E-state index < -0.39 is 23.7 Å². The largest absolute Gasteiger partial charge is 0.477 e. The van der Waals surface area contributed by atoms with E-state index in [2.05, 4.69) is 20.9 Å². The molecule has 0 amide bonds. The lowest BCUT2D eigenvalue weighted by Crippen LogP contribution is -2.28. The zero-order valence-corrected chi connectivity index (χ0v) is 14.4. The second kappa shape index (κ2) is 6.60. The molecule has 2 heterocycles. The molecule has 8 heteroatoms. The van der Waals surface area contributed by atoms with Crippen molar-refractivity contribution in [2.75, 3.05) is 0 Å². The maximum Gasteiger partial charge on any atom is 0.354 e. The summed E-state index contributed by atoms with van der Waals surface area (Å²) in [6.45, 7) is 1.81. The third-order valence-electron chi connectivity index (χ3n) is 4.00. The van der Waals surface area contributed by atoms with E-state index in [4.69, 9.17) is 4.74 Å². The van der Waals surface area contributed by atoms with Gasteiger partial charge in [0.2, 0.25) is 0 Å². The normalized spacial score (nSPS) is 20.0. The molecule has 1 N–H and O–H groups in total. The Bertz CT molecular complexity index is 774. The van der Waals surface area contributed by atoms with Crippen molar-refractivity contribution in [3.63, 3.8) is 0 Å². The fourth-order valence-electron chi connectivity index (χ4n) is 2.90. The van der Waals surface area contributed by atoms with Crippen molar-refractivity contribution >= 4 is 21.9 Å². The van der Waals surface area contributed by atoms with Crippen LogP contribution in [-0.4, -0.2) is 25.5 Å². The number of carbonyl (C=O) groups is 1. The summed E-state index contributed by atoms with van der Waals surface area (Å²) in [6, 6.07) is 3.63. The number of carboxylic acids is 1. The van der Waals surface area contributed by atoms with Gasteiger partial charge in [0.1, 0.15) is 29.3 Å². The maximum absolute atomic E-state index is 13.7. The maximum atomic E-state index is 13.7. The lowest BCUT2D eigenvalue weighted by molar-refractivity contribution is 0.0149. The van der Waals surface area contributed by atoms with Crippen LogP contribution in [0.5, 0.6) is 0 Å². The number of benzene rings is 1. The smallest absolute Gasteiger partial charge is 0.354 e. The number of aromatic carboxylic acids is 1. The number of aryl methyl sites for hydroxylation is 1. The minimum Gasteiger partial charge on any atom is -0.477 e. The standard InChI is InChI=1S/C16H15BrF2N2O3/c1-8-14(16(22)23)21-6-9(17)5-13(15(21)20-8)24-7-10-11(18)3-2-4-12(10)19/h2-4,9,13H,5-7H2,1H3,(H,22,23). The number of aromatic nitrogens is 2. The van der Waals surface area contributed by atoms with Crippen molar-refractivity contribution in [2.24, 2.45) is 0 Å². The van der Waals surface area contributed by atoms with Crippen LogP contribution in [0.4, 0.5) is 8.78 Å². The van der Waals surface area contributed by atoms with Gasteiger partial charge < -0.3 is 14.4 Å². The molecule has 1 aliphatic rings. The van der Waals surface area contributed by atoms with Gasteiger partial charge in [0.15, 0.2) is 0 Å². The minimum atomic E-state index is -1.06. The molecule has 0 bridgehead atoms. The Labute approximate surface area is 145 Å². The number of hydrogen-bond acceptors (Lipinski definition) is 3. The average molecular weight is 401 g/mol. The van der Waals surface area contributed by atoms with Gasteiger partial charge in [-0.2, -0.15) is 0 Å². The van der Waals surface area contributed by atoms with Crippen molar-refractivity contribution in [3.05, 3.63) is 52.6 Å². The van der Waals surface area contributed by atoms with Crippen molar-refractivity contribution in [1.82, 2.24) is 9.55 Å². The highest BCUT2D eigenvalue weighted by Crippen LogP contribution is 2.34. The van der Waals surface area contributed by atoms with Crippen LogP contribution in [0.15, 0.2) is 18.2 Å². The van der Waals surface area contributed by atoms with Crippen LogP contribution >= 0.6 is 15.9 Å². The Morgan fingerprint density at radius 3 is 2.75 bits per heavy atom. The van der Waals surface area contributed by atoms with Gasteiger partial charge in [0.25, 0.3) is 0 Å². The summed E-state index contributed by atoms with van der Waals surface area (Å²) in [6.07, 6.45) is -0.0140. The highest BCUT2D eigenvalue weighted by molar-refractivity contribution is 9.09. The molecule has 0 saturated heterocycles. The summed E-state index contributed by atoms with van der Waals surface area (Å²) < 4.78 is 34.7. The Kier molecular flexibility index (Phi) is 4.69. The van der Waals surface area contributed by atoms with Crippen LogP contribution < -0.4 is 0 Å². The minimum absolute atomic E-state index is 0.0211. The molecule has 1 aliphatic heterocycles. The predicted molar refractivity (Wildman–Crippen MR) is 85.1 cm³/mol. The molecule has 128 valence electrons. The Morgan fingerprint density at radius 1 is 1.46 bits per heavy atom. The van der Waals surface area contributed by atoms with Crippen LogP contribution in [0.2, 0.25) is 0 Å². The van der Waals surface area contributed by atoms with Gasteiger partial charge in [-0.25, -0.2) is 18.6 Å².